The molecule has 0 saturated carbocycles. The van der Waals surface area contributed by atoms with Crippen LogP contribution in [0.15, 0.2) is 96.8 Å². The standard InChI is InChI=1S/C57H71N7O20S4/c1-35(56(3,4)41-27-37(33-47(83-7)36(41)2)39-29-43(52(67)58-18-23-85(71,72)73)62-44(30-39)53(68)59-19-24-86(74,75)76)15-11-9-12-16-49-57(5,6)42-28-38(34-48(84-8)51(42)64(49)22-14-10-13-17-50(65)66)40-31-45(54(69)60-20-25-87(77,78)79)63-46(32-40)55(70)61-21-26-88(80,81)82/h9,11-12,15-16,27-34H,1,10,13-14,17-26H2,2-8H3,(H,58,67)(H,59,68)(H,60,69)(H,61,70)(H,65,66)(H,71,72,73)(H,74,75,76)(H,77,78,79)(H,80,81,82)/b12-9+,15-11+,49-16+. The van der Waals surface area contributed by atoms with E-state index in [0.29, 0.717) is 70.8 Å². The van der Waals surface area contributed by atoms with Gasteiger partial charge in [-0.05, 0) is 119 Å². The van der Waals surface area contributed by atoms with E-state index in [0.717, 1.165) is 11.3 Å². The summed E-state index contributed by atoms with van der Waals surface area (Å²) >= 11 is 0. The minimum atomic E-state index is -4.47. The molecule has 88 heavy (non-hydrogen) atoms. The lowest BCUT2D eigenvalue weighted by Gasteiger charge is -2.30. The topological polar surface area (TPSA) is 419 Å². The highest BCUT2D eigenvalue weighted by Crippen LogP contribution is 2.53. The molecule has 0 aliphatic carbocycles. The van der Waals surface area contributed by atoms with Crippen molar-refractivity contribution in [2.75, 3.05) is 74.9 Å². The van der Waals surface area contributed by atoms with Gasteiger partial charge in [0.25, 0.3) is 64.1 Å². The van der Waals surface area contributed by atoms with Gasteiger partial charge in [-0.2, -0.15) is 33.7 Å². The average Bonchev–Trinajstić information content (AvgIpc) is 1.82. The van der Waals surface area contributed by atoms with Crippen LogP contribution in [0.1, 0.15) is 112 Å². The van der Waals surface area contributed by atoms with Gasteiger partial charge in [0.05, 0.1) is 42.9 Å². The fourth-order valence-electron chi connectivity index (χ4n) is 9.41. The first-order valence-corrected chi connectivity index (χ1v) is 33.4. The number of unbranched alkanes of at least 4 members (excludes halogenated alkanes) is 2. The lowest BCUT2D eigenvalue weighted by molar-refractivity contribution is -0.137. The van der Waals surface area contributed by atoms with E-state index in [1.165, 1.54) is 38.5 Å². The van der Waals surface area contributed by atoms with Crippen molar-refractivity contribution in [3.8, 4) is 33.8 Å². The number of amides is 4. The fourth-order valence-corrected chi connectivity index (χ4v) is 10.8. The van der Waals surface area contributed by atoms with Crippen LogP contribution >= 0.6 is 0 Å². The Balaban J connectivity index is 1.54. The molecule has 0 spiro atoms. The van der Waals surface area contributed by atoms with Crippen LogP contribution in [0.3, 0.4) is 0 Å². The number of carboxylic acid groups (broad SMARTS) is 1. The summed E-state index contributed by atoms with van der Waals surface area (Å²) in [5, 5.41) is 18.7. The van der Waals surface area contributed by atoms with Crippen LogP contribution in [0, 0.1) is 6.92 Å². The summed E-state index contributed by atoms with van der Waals surface area (Å²) in [5.41, 5.74) is 2.57. The third kappa shape index (κ3) is 20.1. The number of carboxylic acids is 1. The van der Waals surface area contributed by atoms with Crippen molar-refractivity contribution < 1.29 is 90.4 Å². The van der Waals surface area contributed by atoms with Gasteiger partial charge in [-0.3, -0.25) is 42.2 Å². The van der Waals surface area contributed by atoms with E-state index in [2.05, 4.69) is 42.7 Å². The Morgan fingerprint density at radius 3 is 1.39 bits per heavy atom. The molecular formula is C57H71N7O20S4. The van der Waals surface area contributed by atoms with Gasteiger partial charge in [0.1, 0.15) is 34.3 Å². The molecular weight excluding hydrogens is 1230 g/mol. The number of nitrogens with one attached hydrogen (secondary N) is 4. The molecule has 4 aromatic rings. The zero-order valence-electron chi connectivity index (χ0n) is 49.2. The molecule has 5 rings (SSSR count). The first kappa shape index (κ1) is 70.8. The Kier molecular flexibility index (Phi) is 23.7. The molecule has 2 aromatic heterocycles. The molecule has 27 nitrogen and oxygen atoms in total. The SMILES string of the molecule is C=C(/C=C/C=C/C=C1/N(CCCCCC(=O)O)c2c(OC)cc(-c3cc(C(=O)NCCS(=O)(=O)O)nc(C(=O)NCCS(=O)(=O)O)c3)cc2C1(C)C)C(C)(C)c1cc(-c2cc(C(=O)NCCS(=O)(=O)O)nc(C(=O)NCCS(=O)(=O)O)c2)cc(OC)c1C. The molecule has 2 aromatic carbocycles. The number of rotatable bonds is 31. The van der Waals surface area contributed by atoms with E-state index in [1.807, 2.05) is 52.8 Å². The van der Waals surface area contributed by atoms with E-state index < -0.39 is 130 Å². The van der Waals surface area contributed by atoms with Crippen molar-refractivity contribution in [1.82, 2.24) is 31.2 Å². The Hall–Kier alpha value is -7.91. The van der Waals surface area contributed by atoms with E-state index >= 15 is 0 Å². The highest BCUT2D eigenvalue weighted by atomic mass is 32.2. The molecule has 4 amide bonds. The number of fused-ring (bicyclic) bond motifs is 1. The van der Waals surface area contributed by atoms with Gasteiger partial charge in [-0.1, -0.05) is 65.0 Å². The summed E-state index contributed by atoms with van der Waals surface area (Å²) in [6.45, 7) is 12.4. The van der Waals surface area contributed by atoms with Gasteiger partial charge in [-0.15, -0.1) is 0 Å². The fraction of sp³-hybridized carbons (Fsp3) is 0.386. The smallest absolute Gasteiger partial charge is 0.303 e. The summed E-state index contributed by atoms with van der Waals surface area (Å²) in [6, 6.07) is 12.3. The number of carbonyl (C=O) groups is 5. The monoisotopic (exact) mass is 1300 g/mol. The summed E-state index contributed by atoms with van der Waals surface area (Å²) in [7, 11) is -15.0. The van der Waals surface area contributed by atoms with Crippen LogP contribution in [0.4, 0.5) is 5.69 Å². The number of hydrogen-bond donors (Lipinski definition) is 9. The minimum absolute atomic E-state index is 0.0234. The Labute approximate surface area is 510 Å². The lowest BCUT2D eigenvalue weighted by atomic mass is 9.75. The molecule has 1 aliphatic heterocycles. The zero-order valence-corrected chi connectivity index (χ0v) is 52.5. The maximum absolute atomic E-state index is 13.4. The number of aromatic nitrogens is 2. The van der Waals surface area contributed by atoms with Crippen LogP contribution < -0.4 is 35.6 Å². The Morgan fingerprint density at radius 1 is 0.591 bits per heavy atom. The number of methoxy groups -OCH3 is 2. The number of ether oxygens (including phenoxy) is 2. The molecule has 478 valence electrons. The van der Waals surface area contributed by atoms with Crippen LogP contribution in [-0.2, 0) is 56.1 Å². The molecule has 0 saturated heterocycles. The van der Waals surface area contributed by atoms with Crippen molar-refractivity contribution in [3.63, 3.8) is 0 Å². The van der Waals surface area contributed by atoms with E-state index in [1.54, 1.807) is 36.4 Å². The van der Waals surface area contributed by atoms with E-state index in [4.69, 9.17) is 9.47 Å². The molecule has 0 fully saturated rings. The normalized spacial score (nSPS) is 14.0. The molecule has 3 heterocycles. The summed E-state index contributed by atoms with van der Waals surface area (Å²) in [4.78, 5) is 75.2. The van der Waals surface area contributed by atoms with Crippen molar-refractivity contribution in [2.45, 2.75) is 71.1 Å². The van der Waals surface area contributed by atoms with E-state index in [-0.39, 0.29) is 40.3 Å². The van der Waals surface area contributed by atoms with Crippen LogP contribution in [0.5, 0.6) is 11.5 Å². The Morgan fingerprint density at radius 2 is 0.989 bits per heavy atom. The molecule has 0 unspecified atom stereocenters. The second-order valence-corrected chi connectivity index (χ2v) is 27.6. The average molecular weight is 1300 g/mol. The third-order valence-electron chi connectivity index (χ3n) is 14.1. The van der Waals surface area contributed by atoms with E-state index in [9.17, 15) is 81.0 Å². The van der Waals surface area contributed by atoms with Gasteiger partial charge in [0, 0.05) is 55.7 Å². The second kappa shape index (κ2) is 29.4. The van der Waals surface area contributed by atoms with Gasteiger partial charge in [0.2, 0.25) is 0 Å². The molecule has 1 aliphatic rings. The largest absolute Gasteiger partial charge is 0.496 e. The number of benzene rings is 2. The van der Waals surface area contributed by atoms with Gasteiger partial charge >= 0.3 is 5.97 Å². The highest BCUT2D eigenvalue weighted by molar-refractivity contribution is 7.86. The maximum Gasteiger partial charge on any atom is 0.303 e. The highest BCUT2D eigenvalue weighted by Gasteiger charge is 2.42. The van der Waals surface area contributed by atoms with Crippen LogP contribution in [0.25, 0.3) is 22.3 Å². The lowest BCUT2D eigenvalue weighted by Crippen LogP contribution is -2.32. The van der Waals surface area contributed by atoms with Gasteiger partial charge in [-0.25, -0.2) is 9.97 Å². The number of aliphatic carboxylic acids is 1. The molecule has 0 atom stereocenters. The number of allylic oxidation sites excluding steroid dienone is 7. The molecule has 9 N–H and O–H groups in total. The Bertz CT molecular complexity index is 3800. The first-order valence-electron chi connectivity index (χ1n) is 27.0. The summed E-state index contributed by atoms with van der Waals surface area (Å²) < 4.78 is 140. The number of nitrogens with zero attached hydrogens (tertiary/aromatic N) is 3. The summed E-state index contributed by atoms with van der Waals surface area (Å²) in [5.74, 6) is -7.07. The first-order chi connectivity index (χ1) is 40.8. The van der Waals surface area contributed by atoms with Gasteiger partial charge < -0.3 is 40.7 Å². The van der Waals surface area contributed by atoms with Crippen molar-refractivity contribution in [1.29, 1.82) is 0 Å². The molecule has 0 bridgehead atoms. The van der Waals surface area contributed by atoms with Crippen molar-refractivity contribution >= 4 is 75.8 Å². The summed E-state index contributed by atoms with van der Waals surface area (Å²) in [6.07, 6.45) is 10.6. The number of hydrogen-bond acceptors (Lipinski definition) is 18. The second-order valence-electron chi connectivity index (χ2n) is 21.3. The van der Waals surface area contributed by atoms with Crippen LogP contribution in [-0.4, -0.2) is 167 Å². The van der Waals surface area contributed by atoms with Crippen molar-refractivity contribution in [2.24, 2.45) is 0 Å². The van der Waals surface area contributed by atoms with Crippen molar-refractivity contribution in [3.05, 3.63) is 136 Å². The molecule has 0 radical (unpaired) electrons. The van der Waals surface area contributed by atoms with Crippen LogP contribution in [0.2, 0.25) is 0 Å². The minimum Gasteiger partial charge on any atom is -0.496 e. The maximum atomic E-state index is 13.4. The number of anilines is 1. The zero-order chi connectivity index (χ0) is 65.7. The quantitative estimate of drug-likeness (QED) is 0.0184. The number of pyridine rings is 2. The predicted molar refractivity (Wildman–Crippen MR) is 327 cm³/mol. The predicted octanol–water partition coefficient (Wildman–Crippen LogP) is 4.88. The molecule has 31 heteroatoms. The van der Waals surface area contributed by atoms with Gasteiger partial charge in [0.15, 0.2) is 0 Å². The number of carbonyl (C=O) groups excluding carboxylic acids is 4. The third-order valence-corrected chi connectivity index (χ3v) is 17.0.